The quantitative estimate of drug-likeness (QED) is 0.664. The first kappa shape index (κ1) is 21.8. The van der Waals surface area contributed by atoms with Crippen LogP contribution in [0, 0.1) is 5.92 Å². The molecule has 1 fully saturated rings. The minimum atomic E-state index is -4.78. The van der Waals surface area contributed by atoms with Gasteiger partial charge in [0.1, 0.15) is 0 Å². The molecule has 3 rings (SSSR count). The zero-order chi connectivity index (χ0) is 21.7. The molecule has 2 aromatic heterocycles. The van der Waals surface area contributed by atoms with Crippen LogP contribution >= 0.6 is 0 Å². The summed E-state index contributed by atoms with van der Waals surface area (Å²) in [5.41, 5.74) is -1.64. The number of rotatable bonds is 6. The monoisotopic (exact) mass is 424 g/mol. The van der Waals surface area contributed by atoms with E-state index in [1.54, 1.807) is 19.1 Å². The second kappa shape index (κ2) is 9.27. The number of aromatic nitrogens is 3. The Morgan fingerprint density at radius 1 is 1.30 bits per heavy atom. The summed E-state index contributed by atoms with van der Waals surface area (Å²) in [6.07, 6.45) is -0.247. The van der Waals surface area contributed by atoms with Crippen molar-refractivity contribution in [3.05, 3.63) is 41.9 Å². The summed E-state index contributed by atoms with van der Waals surface area (Å²) in [5, 5.41) is 3.79. The van der Waals surface area contributed by atoms with Gasteiger partial charge >= 0.3 is 12.1 Å². The number of alkyl halides is 3. The molecular weight excluding hydrogens is 401 g/mol. The van der Waals surface area contributed by atoms with E-state index < -0.39 is 23.3 Å². The van der Waals surface area contributed by atoms with Gasteiger partial charge < -0.3 is 9.64 Å². The molecular formula is C20H23F3N4O3. The summed E-state index contributed by atoms with van der Waals surface area (Å²) in [6.45, 7) is 2.68. The van der Waals surface area contributed by atoms with Gasteiger partial charge in [-0.1, -0.05) is 6.07 Å². The topological polar surface area (TPSA) is 77.3 Å². The summed E-state index contributed by atoms with van der Waals surface area (Å²) < 4.78 is 47.0. The van der Waals surface area contributed by atoms with E-state index in [-0.39, 0.29) is 24.1 Å². The highest BCUT2D eigenvalue weighted by molar-refractivity contribution is 5.95. The van der Waals surface area contributed by atoms with Crippen molar-refractivity contribution in [3.63, 3.8) is 0 Å². The largest absolute Gasteiger partial charge is 0.466 e. The van der Waals surface area contributed by atoms with Gasteiger partial charge in [-0.05, 0) is 44.2 Å². The van der Waals surface area contributed by atoms with Gasteiger partial charge in [0.15, 0.2) is 11.5 Å². The Hall–Kier alpha value is -2.91. The van der Waals surface area contributed by atoms with E-state index in [4.69, 9.17) is 4.74 Å². The van der Waals surface area contributed by atoms with Crippen molar-refractivity contribution in [1.29, 1.82) is 0 Å². The van der Waals surface area contributed by atoms with Crippen molar-refractivity contribution in [2.45, 2.75) is 38.8 Å². The van der Waals surface area contributed by atoms with Gasteiger partial charge in [0, 0.05) is 25.7 Å². The first-order valence-electron chi connectivity index (χ1n) is 9.82. The molecule has 1 saturated heterocycles. The third kappa shape index (κ3) is 4.98. The number of hydrogen-bond donors (Lipinski definition) is 0. The Morgan fingerprint density at radius 3 is 2.77 bits per heavy atom. The van der Waals surface area contributed by atoms with Gasteiger partial charge in [-0.15, -0.1) is 0 Å². The average molecular weight is 424 g/mol. The third-order valence-corrected chi connectivity index (χ3v) is 5.00. The van der Waals surface area contributed by atoms with Gasteiger partial charge in [-0.3, -0.25) is 9.59 Å². The molecule has 0 aliphatic carbocycles. The number of carbonyl (C=O) groups is 2. The second-order valence-corrected chi connectivity index (χ2v) is 7.11. The van der Waals surface area contributed by atoms with E-state index in [2.05, 4.69) is 10.1 Å². The standard InChI is InChI=1S/C20H23F3N4O3/c1-2-30-17(28)9-8-14-6-5-11-26(13-14)19(29)15-12-25-27(18(15)20(21,22)23)16-7-3-4-10-24-16/h3-4,7,10,12,14H,2,5-6,8-9,11,13H2,1H3/t14-/m1/s1. The number of likely N-dealkylation sites (tertiary alicyclic amines) is 1. The summed E-state index contributed by atoms with van der Waals surface area (Å²) in [4.78, 5) is 29.8. The molecule has 0 saturated carbocycles. The summed E-state index contributed by atoms with van der Waals surface area (Å²) in [7, 11) is 0. The van der Waals surface area contributed by atoms with Crippen molar-refractivity contribution in [2.24, 2.45) is 5.92 Å². The molecule has 30 heavy (non-hydrogen) atoms. The lowest BCUT2D eigenvalue weighted by Crippen LogP contribution is -2.40. The predicted molar refractivity (Wildman–Crippen MR) is 101 cm³/mol. The number of hydrogen-bond acceptors (Lipinski definition) is 5. The van der Waals surface area contributed by atoms with E-state index >= 15 is 0 Å². The minimum Gasteiger partial charge on any atom is -0.466 e. The van der Waals surface area contributed by atoms with Crippen LogP contribution in [0.3, 0.4) is 0 Å². The summed E-state index contributed by atoms with van der Waals surface area (Å²) in [5.74, 6) is -1.01. The van der Waals surface area contributed by atoms with Crippen molar-refractivity contribution < 1.29 is 27.5 Å². The fourth-order valence-electron chi connectivity index (χ4n) is 3.64. The van der Waals surface area contributed by atoms with E-state index in [0.29, 0.717) is 37.2 Å². The fourth-order valence-corrected chi connectivity index (χ4v) is 3.64. The third-order valence-electron chi connectivity index (χ3n) is 5.00. The molecule has 0 aromatic carbocycles. The zero-order valence-corrected chi connectivity index (χ0v) is 16.6. The highest BCUT2D eigenvalue weighted by Gasteiger charge is 2.42. The van der Waals surface area contributed by atoms with Crippen LogP contribution in [0.1, 0.15) is 48.7 Å². The number of nitrogens with zero attached hydrogens (tertiary/aromatic N) is 4. The number of piperidine rings is 1. The summed E-state index contributed by atoms with van der Waals surface area (Å²) >= 11 is 0. The SMILES string of the molecule is CCOC(=O)CC[C@H]1CCCN(C(=O)c2cnn(-c3ccccn3)c2C(F)(F)F)C1. The van der Waals surface area contributed by atoms with Crippen molar-refractivity contribution in [2.75, 3.05) is 19.7 Å². The van der Waals surface area contributed by atoms with Gasteiger partial charge in [0.25, 0.3) is 5.91 Å². The molecule has 7 nitrogen and oxygen atoms in total. The van der Waals surface area contributed by atoms with Crippen LogP contribution in [0.15, 0.2) is 30.6 Å². The highest BCUT2D eigenvalue weighted by Crippen LogP contribution is 2.34. The van der Waals surface area contributed by atoms with Crippen LogP contribution in [0.25, 0.3) is 5.82 Å². The van der Waals surface area contributed by atoms with Crippen LogP contribution < -0.4 is 0 Å². The number of amides is 1. The summed E-state index contributed by atoms with van der Waals surface area (Å²) in [6, 6.07) is 4.52. The van der Waals surface area contributed by atoms with Gasteiger partial charge in [0.05, 0.1) is 18.4 Å². The van der Waals surface area contributed by atoms with Gasteiger partial charge in [-0.2, -0.15) is 18.3 Å². The first-order chi connectivity index (χ1) is 14.3. The molecule has 1 aliphatic heterocycles. The Bertz CT molecular complexity index is 883. The zero-order valence-electron chi connectivity index (χ0n) is 16.6. The predicted octanol–water partition coefficient (Wildman–Crippen LogP) is 3.48. The maximum atomic E-state index is 13.8. The smallest absolute Gasteiger partial charge is 0.434 e. The molecule has 1 atom stereocenters. The lowest BCUT2D eigenvalue weighted by Gasteiger charge is -2.32. The number of esters is 1. The molecule has 0 unspecified atom stereocenters. The maximum absolute atomic E-state index is 13.8. The Labute approximate surface area is 171 Å². The first-order valence-corrected chi connectivity index (χ1v) is 9.82. The average Bonchev–Trinajstić information content (AvgIpc) is 3.19. The second-order valence-electron chi connectivity index (χ2n) is 7.11. The van der Waals surface area contributed by atoms with Gasteiger partial charge in [-0.25, -0.2) is 9.67 Å². The van der Waals surface area contributed by atoms with E-state index in [1.165, 1.54) is 17.2 Å². The number of ether oxygens (including phenoxy) is 1. The van der Waals surface area contributed by atoms with Crippen LogP contribution in [0.4, 0.5) is 13.2 Å². The van der Waals surface area contributed by atoms with Crippen LogP contribution in [0.2, 0.25) is 0 Å². The van der Waals surface area contributed by atoms with Crippen LogP contribution in [-0.2, 0) is 15.7 Å². The van der Waals surface area contributed by atoms with Crippen molar-refractivity contribution in [1.82, 2.24) is 19.7 Å². The lowest BCUT2D eigenvalue weighted by molar-refractivity contribution is -0.144. The minimum absolute atomic E-state index is 0.0187. The molecule has 3 heterocycles. The molecule has 0 spiro atoms. The molecule has 10 heteroatoms. The Kier molecular flexibility index (Phi) is 6.73. The highest BCUT2D eigenvalue weighted by atomic mass is 19.4. The molecule has 0 N–H and O–H groups in total. The van der Waals surface area contributed by atoms with Crippen molar-refractivity contribution in [3.8, 4) is 5.82 Å². The molecule has 0 bridgehead atoms. The lowest BCUT2D eigenvalue weighted by atomic mass is 9.93. The Balaban J connectivity index is 1.79. The van der Waals surface area contributed by atoms with Crippen LogP contribution in [0.5, 0.6) is 0 Å². The van der Waals surface area contributed by atoms with Crippen LogP contribution in [-0.4, -0.2) is 51.2 Å². The fraction of sp³-hybridized carbons (Fsp3) is 0.500. The Morgan fingerprint density at radius 2 is 2.10 bits per heavy atom. The normalized spacial score (nSPS) is 17.1. The number of halogens is 3. The molecule has 2 aromatic rings. The number of carbonyl (C=O) groups excluding carboxylic acids is 2. The van der Waals surface area contributed by atoms with Gasteiger partial charge in [0.2, 0.25) is 0 Å². The molecule has 1 amide bonds. The van der Waals surface area contributed by atoms with E-state index in [0.717, 1.165) is 12.6 Å². The van der Waals surface area contributed by atoms with Crippen molar-refractivity contribution >= 4 is 11.9 Å². The van der Waals surface area contributed by atoms with E-state index in [1.807, 2.05) is 0 Å². The molecule has 1 aliphatic rings. The molecule has 0 radical (unpaired) electrons. The number of pyridine rings is 1. The maximum Gasteiger partial charge on any atom is 0.434 e. The van der Waals surface area contributed by atoms with E-state index in [9.17, 15) is 22.8 Å². The molecule has 162 valence electrons.